The molecule has 1 fully saturated rings. The van der Waals surface area contributed by atoms with Crippen LogP contribution in [0.5, 0.6) is 0 Å². The number of nitrogens with zero attached hydrogens (tertiary/aromatic N) is 2. The van der Waals surface area contributed by atoms with Crippen LogP contribution >= 0.6 is 0 Å². The van der Waals surface area contributed by atoms with Gasteiger partial charge >= 0.3 is 18.1 Å². The third-order valence-corrected chi connectivity index (χ3v) is 3.11. The fraction of sp³-hybridized carbons (Fsp3) is 0.538. The van der Waals surface area contributed by atoms with Gasteiger partial charge in [-0.05, 0) is 12.8 Å². The molecular weight excluding hydrogens is 357 g/mol. The summed E-state index contributed by atoms with van der Waals surface area (Å²) in [6.07, 6.45) is -1.92. The predicted molar refractivity (Wildman–Crippen MR) is 73.5 cm³/mol. The number of carboxylic acids is 2. The lowest BCUT2D eigenvalue weighted by Gasteiger charge is -2.29. The first-order valence-electron chi connectivity index (χ1n) is 6.90. The molecule has 1 aromatic heterocycles. The Labute approximate surface area is 137 Å². The van der Waals surface area contributed by atoms with Crippen LogP contribution in [0.4, 0.5) is 27.8 Å². The summed E-state index contributed by atoms with van der Waals surface area (Å²) in [7, 11) is 0. The van der Waals surface area contributed by atoms with Gasteiger partial charge in [0, 0.05) is 18.9 Å². The molecule has 1 unspecified atom stereocenters. The molecule has 0 amide bonds. The van der Waals surface area contributed by atoms with Gasteiger partial charge in [0.1, 0.15) is 5.82 Å². The molecule has 0 aliphatic heterocycles. The van der Waals surface area contributed by atoms with Gasteiger partial charge in [0.05, 0.1) is 12.4 Å². The molecule has 1 saturated carbocycles. The van der Waals surface area contributed by atoms with Gasteiger partial charge in [0.2, 0.25) is 5.92 Å². The number of anilines is 1. The van der Waals surface area contributed by atoms with Gasteiger partial charge in [-0.2, -0.15) is 13.2 Å². The lowest BCUT2D eigenvalue weighted by atomic mass is 9.92. The summed E-state index contributed by atoms with van der Waals surface area (Å²) in [5.74, 6) is -6.24. The topological polar surface area (TPSA) is 112 Å². The highest BCUT2D eigenvalue weighted by Crippen LogP contribution is 2.34. The Morgan fingerprint density at radius 3 is 2.20 bits per heavy atom. The molecule has 25 heavy (non-hydrogen) atoms. The second-order valence-corrected chi connectivity index (χ2v) is 5.19. The third kappa shape index (κ3) is 7.27. The first-order valence-corrected chi connectivity index (χ1v) is 6.90. The SMILES string of the molecule is O=C(O)C(F)(F)F.O=C(O)c1cnc(NC2CCCC(F)(F)C2)cn1. The number of alkyl halides is 5. The second-order valence-electron chi connectivity index (χ2n) is 5.19. The normalized spacial score (nSPS) is 19.3. The van der Waals surface area contributed by atoms with Crippen molar-refractivity contribution < 1.29 is 41.8 Å². The zero-order valence-electron chi connectivity index (χ0n) is 12.6. The van der Waals surface area contributed by atoms with E-state index in [9.17, 15) is 26.7 Å². The molecule has 1 aliphatic carbocycles. The Bertz CT molecular complexity index is 607. The van der Waals surface area contributed by atoms with E-state index in [2.05, 4.69) is 15.3 Å². The minimum Gasteiger partial charge on any atom is -0.476 e. The van der Waals surface area contributed by atoms with Gasteiger partial charge in [-0.25, -0.2) is 28.3 Å². The number of aliphatic carboxylic acids is 1. The molecule has 0 spiro atoms. The van der Waals surface area contributed by atoms with E-state index in [4.69, 9.17) is 15.0 Å². The van der Waals surface area contributed by atoms with Crippen molar-refractivity contribution in [3.8, 4) is 0 Å². The molecule has 1 atom stereocenters. The van der Waals surface area contributed by atoms with Crippen LogP contribution in [-0.4, -0.2) is 50.3 Å². The highest BCUT2D eigenvalue weighted by atomic mass is 19.4. The van der Waals surface area contributed by atoms with E-state index >= 15 is 0 Å². The quantitative estimate of drug-likeness (QED) is 0.701. The standard InChI is InChI=1S/C11H13F2N3O2.C2HF3O2/c12-11(13)3-1-2-7(4-11)16-9-6-14-8(5-15-9)10(17)18;3-2(4,5)1(6)7/h5-7H,1-4H2,(H,15,16)(H,17,18);(H,6,7). The number of aromatic carboxylic acids is 1. The van der Waals surface area contributed by atoms with Gasteiger partial charge in [0.15, 0.2) is 5.69 Å². The summed E-state index contributed by atoms with van der Waals surface area (Å²) >= 11 is 0. The zero-order chi connectivity index (χ0) is 19.3. The van der Waals surface area contributed by atoms with Crippen molar-refractivity contribution in [3.05, 3.63) is 18.1 Å². The van der Waals surface area contributed by atoms with Crippen LogP contribution in [0.1, 0.15) is 36.2 Å². The molecule has 0 aromatic carbocycles. The van der Waals surface area contributed by atoms with E-state index < -0.39 is 24.0 Å². The smallest absolute Gasteiger partial charge is 0.476 e. The van der Waals surface area contributed by atoms with Gasteiger partial charge in [0.25, 0.3) is 0 Å². The van der Waals surface area contributed by atoms with Crippen LogP contribution in [-0.2, 0) is 4.79 Å². The molecule has 0 saturated heterocycles. The van der Waals surface area contributed by atoms with Crippen molar-refractivity contribution in [1.82, 2.24) is 9.97 Å². The Morgan fingerprint density at radius 2 is 1.80 bits per heavy atom. The Balaban J connectivity index is 0.000000381. The maximum absolute atomic E-state index is 13.2. The van der Waals surface area contributed by atoms with Crippen LogP contribution in [0.15, 0.2) is 12.4 Å². The number of hydrogen-bond donors (Lipinski definition) is 3. The highest BCUT2D eigenvalue weighted by molar-refractivity contribution is 5.84. The van der Waals surface area contributed by atoms with E-state index in [1.54, 1.807) is 0 Å². The summed E-state index contributed by atoms with van der Waals surface area (Å²) in [6.45, 7) is 0. The fourth-order valence-corrected chi connectivity index (χ4v) is 2.02. The lowest BCUT2D eigenvalue weighted by molar-refractivity contribution is -0.192. The monoisotopic (exact) mass is 371 g/mol. The highest BCUT2D eigenvalue weighted by Gasteiger charge is 2.38. The summed E-state index contributed by atoms with van der Waals surface area (Å²) in [5, 5.41) is 18.6. The summed E-state index contributed by atoms with van der Waals surface area (Å²) in [6, 6.07) is -0.348. The molecule has 1 aliphatic rings. The Kier molecular flexibility index (Phi) is 6.59. The van der Waals surface area contributed by atoms with Crippen LogP contribution in [0.2, 0.25) is 0 Å². The number of carbonyl (C=O) groups is 2. The number of halogens is 5. The van der Waals surface area contributed by atoms with E-state index in [-0.39, 0.29) is 24.6 Å². The molecule has 1 aromatic rings. The first kappa shape index (κ1) is 20.5. The van der Waals surface area contributed by atoms with E-state index in [1.165, 1.54) is 6.20 Å². The minimum absolute atomic E-state index is 0.0746. The van der Waals surface area contributed by atoms with Crippen molar-refractivity contribution in [1.29, 1.82) is 0 Å². The van der Waals surface area contributed by atoms with Crippen molar-refractivity contribution in [2.45, 2.75) is 43.8 Å². The van der Waals surface area contributed by atoms with Crippen LogP contribution in [0.3, 0.4) is 0 Å². The van der Waals surface area contributed by atoms with Crippen LogP contribution in [0.25, 0.3) is 0 Å². The number of nitrogens with one attached hydrogen (secondary N) is 1. The second kappa shape index (κ2) is 8.03. The predicted octanol–water partition coefficient (Wildman–Crippen LogP) is 2.80. The average molecular weight is 371 g/mol. The van der Waals surface area contributed by atoms with Crippen molar-refractivity contribution >= 4 is 17.8 Å². The van der Waals surface area contributed by atoms with Gasteiger partial charge in [-0.15, -0.1) is 0 Å². The lowest BCUT2D eigenvalue weighted by Crippen LogP contribution is -2.34. The molecule has 140 valence electrons. The van der Waals surface area contributed by atoms with Gasteiger partial charge in [-0.3, -0.25) is 0 Å². The molecule has 2 rings (SSSR count). The summed E-state index contributed by atoms with van der Waals surface area (Å²) in [4.78, 5) is 27.0. The number of hydrogen-bond acceptors (Lipinski definition) is 5. The fourth-order valence-electron chi connectivity index (χ4n) is 2.02. The van der Waals surface area contributed by atoms with Crippen molar-refractivity contribution in [2.24, 2.45) is 0 Å². The Morgan fingerprint density at radius 1 is 1.20 bits per heavy atom. The van der Waals surface area contributed by atoms with Gasteiger partial charge < -0.3 is 15.5 Å². The van der Waals surface area contributed by atoms with Gasteiger partial charge in [-0.1, -0.05) is 0 Å². The van der Waals surface area contributed by atoms with Crippen LogP contribution in [0, 0.1) is 0 Å². The zero-order valence-corrected chi connectivity index (χ0v) is 12.6. The number of carboxylic acid groups (broad SMARTS) is 2. The van der Waals surface area contributed by atoms with E-state index in [1.807, 2.05) is 0 Å². The molecule has 3 N–H and O–H groups in total. The molecule has 0 bridgehead atoms. The maximum atomic E-state index is 13.2. The molecule has 7 nitrogen and oxygen atoms in total. The maximum Gasteiger partial charge on any atom is 0.490 e. The first-order chi connectivity index (χ1) is 11.4. The number of rotatable bonds is 3. The number of aromatic nitrogens is 2. The average Bonchev–Trinajstić information content (AvgIpc) is 2.46. The van der Waals surface area contributed by atoms with E-state index in [0.717, 1.165) is 6.20 Å². The summed E-state index contributed by atoms with van der Waals surface area (Å²) < 4.78 is 58.1. The molecule has 1 heterocycles. The third-order valence-electron chi connectivity index (χ3n) is 3.11. The summed E-state index contributed by atoms with van der Waals surface area (Å²) in [5.41, 5.74) is -0.172. The van der Waals surface area contributed by atoms with Crippen molar-refractivity contribution in [3.63, 3.8) is 0 Å². The molecule has 12 heteroatoms. The molecular formula is C13H14F5N3O4. The van der Waals surface area contributed by atoms with Crippen LogP contribution < -0.4 is 5.32 Å². The molecule has 0 radical (unpaired) electrons. The van der Waals surface area contributed by atoms with E-state index in [0.29, 0.717) is 18.7 Å². The van der Waals surface area contributed by atoms with Crippen molar-refractivity contribution in [2.75, 3.05) is 5.32 Å². The minimum atomic E-state index is -5.08. The largest absolute Gasteiger partial charge is 0.490 e. The Hall–Kier alpha value is -2.53.